The molecule has 2 rings (SSSR count). The molecule has 0 aliphatic rings. The summed E-state index contributed by atoms with van der Waals surface area (Å²) in [5.41, 5.74) is 1.09. The number of hydrogen-bond acceptors (Lipinski definition) is 7. The molecule has 7 nitrogen and oxygen atoms in total. The molecule has 0 fully saturated rings. The first-order chi connectivity index (χ1) is 13.8. The number of anilines is 1. The average Bonchev–Trinajstić information content (AvgIpc) is 2.70. The van der Waals surface area contributed by atoms with E-state index in [-0.39, 0.29) is 5.82 Å². The van der Waals surface area contributed by atoms with Crippen molar-refractivity contribution in [2.75, 3.05) is 38.1 Å². The van der Waals surface area contributed by atoms with E-state index in [1.54, 1.807) is 31.2 Å². The Bertz CT molecular complexity index is 808. The molecule has 0 aliphatic carbocycles. The number of nitrogens with one attached hydrogen (secondary N) is 1. The summed E-state index contributed by atoms with van der Waals surface area (Å²) in [6, 6.07) is 6.70. The minimum Gasteiger partial charge on any atom is -0.462 e. The smallest absolute Gasteiger partial charge is 0.338 e. The highest BCUT2D eigenvalue weighted by Crippen LogP contribution is 2.36. The largest absolute Gasteiger partial charge is 0.462 e. The molecule has 2 aromatic rings. The lowest BCUT2D eigenvalue weighted by molar-refractivity contribution is 0.0526. The van der Waals surface area contributed by atoms with Gasteiger partial charge in [0.05, 0.1) is 12.2 Å². The van der Waals surface area contributed by atoms with E-state index in [1.807, 2.05) is 0 Å². The van der Waals surface area contributed by atoms with Gasteiger partial charge in [-0.3, -0.25) is 0 Å². The molecule has 0 radical (unpaired) electrons. The normalized spacial score (nSPS) is 11.6. The highest BCUT2D eigenvalue weighted by Gasteiger charge is 2.28. The van der Waals surface area contributed by atoms with Gasteiger partial charge < -0.3 is 15.0 Å². The Morgan fingerprint density at radius 3 is 2.28 bits per heavy atom. The highest BCUT2D eigenvalue weighted by atomic mass is 35.6. The summed E-state index contributed by atoms with van der Waals surface area (Å²) >= 11 is 18.0. The molecule has 0 saturated carbocycles. The fourth-order valence-electron chi connectivity index (χ4n) is 2.55. The van der Waals surface area contributed by atoms with Crippen molar-refractivity contribution < 1.29 is 9.53 Å². The van der Waals surface area contributed by atoms with Gasteiger partial charge >= 0.3 is 5.97 Å². The van der Waals surface area contributed by atoms with E-state index in [1.165, 1.54) is 0 Å². The number of alkyl halides is 3. The SMILES string of the molecule is CCOC(=O)c1ccc(-c2nc(NCCN(CC)CC)nc(C(Cl)(Cl)Cl)n2)cc1. The van der Waals surface area contributed by atoms with E-state index in [0.29, 0.717) is 36.1 Å². The first kappa shape index (κ1) is 23.6. The number of carbonyl (C=O) groups excluding carboxylic acids is 1. The second-order valence-electron chi connectivity index (χ2n) is 6.06. The zero-order valence-corrected chi connectivity index (χ0v) is 18.9. The van der Waals surface area contributed by atoms with E-state index in [0.717, 1.165) is 19.6 Å². The third-order valence-corrected chi connectivity index (χ3v) is 4.66. The zero-order valence-electron chi connectivity index (χ0n) is 16.6. The lowest BCUT2D eigenvalue weighted by Crippen LogP contribution is -2.29. The van der Waals surface area contributed by atoms with Crippen molar-refractivity contribution in [3.05, 3.63) is 35.7 Å². The van der Waals surface area contributed by atoms with Crippen molar-refractivity contribution >= 4 is 46.7 Å². The van der Waals surface area contributed by atoms with Gasteiger partial charge in [0.1, 0.15) is 0 Å². The lowest BCUT2D eigenvalue weighted by Gasteiger charge is -2.18. The average molecular weight is 461 g/mol. The molecule has 158 valence electrons. The molecule has 10 heteroatoms. The Kier molecular flexibility index (Phi) is 8.89. The fraction of sp³-hybridized carbons (Fsp3) is 0.474. The maximum absolute atomic E-state index is 11.8. The summed E-state index contributed by atoms with van der Waals surface area (Å²) in [6.07, 6.45) is 0. The van der Waals surface area contributed by atoms with Gasteiger partial charge in [-0.25, -0.2) is 9.78 Å². The van der Waals surface area contributed by atoms with Crippen LogP contribution in [0.5, 0.6) is 0 Å². The molecular formula is C19H24Cl3N5O2. The predicted molar refractivity (Wildman–Crippen MR) is 117 cm³/mol. The molecule has 1 aromatic heterocycles. The third kappa shape index (κ3) is 6.96. The molecule has 0 aliphatic heterocycles. The van der Waals surface area contributed by atoms with Gasteiger partial charge in [-0.15, -0.1) is 0 Å². The Hall–Kier alpha value is -1.67. The summed E-state index contributed by atoms with van der Waals surface area (Å²) in [5.74, 6) is 0.280. The van der Waals surface area contributed by atoms with E-state index < -0.39 is 9.76 Å². The van der Waals surface area contributed by atoms with Crippen molar-refractivity contribution in [3.8, 4) is 11.4 Å². The first-order valence-corrected chi connectivity index (χ1v) is 10.5. The summed E-state index contributed by atoms with van der Waals surface area (Å²) in [4.78, 5) is 27.0. The van der Waals surface area contributed by atoms with Crippen molar-refractivity contribution in [2.45, 2.75) is 24.6 Å². The number of carbonyl (C=O) groups is 1. The van der Waals surface area contributed by atoms with E-state index >= 15 is 0 Å². The summed E-state index contributed by atoms with van der Waals surface area (Å²) in [5, 5.41) is 3.16. The number of ether oxygens (including phenoxy) is 1. The van der Waals surface area contributed by atoms with Crippen LogP contribution in [0.4, 0.5) is 5.95 Å². The number of esters is 1. The fourth-order valence-corrected chi connectivity index (χ4v) is 2.80. The van der Waals surface area contributed by atoms with Crippen molar-refractivity contribution in [3.63, 3.8) is 0 Å². The molecule has 1 N–H and O–H groups in total. The number of aromatic nitrogens is 3. The van der Waals surface area contributed by atoms with Crippen LogP contribution < -0.4 is 5.32 Å². The van der Waals surface area contributed by atoms with Crippen molar-refractivity contribution in [1.82, 2.24) is 19.9 Å². The number of hydrogen-bond donors (Lipinski definition) is 1. The first-order valence-electron chi connectivity index (χ1n) is 9.35. The van der Waals surface area contributed by atoms with Gasteiger partial charge in [0, 0.05) is 18.7 Å². The molecule has 0 spiro atoms. The van der Waals surface area contributed by atoms with Crippen LogP contribution in [-0.2, 0) is 8.53 Å². The summed E-state index contributed by atoms with van der Waals surface area (Å²) < 4.78 is 3.20. The second-order valence-corrected chi connectivity index (χ2v) is 8.34. The lowest BCUT2D eigenvalue weighted by atomic mass is 10.1. The maximum Gasteiger partial charge on any atom is 0.338 e. The van der Waals surface area contributed by atoms with Crippen LogP contribution in [0.25, 0.3) is 11.4 Å². The van der Waals surface area contributed by atoms with Crippen molar-refractivity contribution in [1.29, 1.82) is 0 Å². The Morgan fingerprint density at radius 2 is 1.72 bits per heavy atom. The third-order valence-electron chi connectivity index (χ3n) is 4.15. The van der Waals surface area contributed by atoms with E-state index in [4.69, 9.17) is 39.5 Å². The monoisotopic (exact) mass is 459 g/mol. The minimum atomic E-state index is -1.79. The summed E-state index contributed by atoms with van der Waals surface area (Å²) in [6.45, 7) is 9.63. The number of nitrogens with zero attached hydrogens (tertiary/aromatic N) is 4. The minimum absolute atomic E-state index is 0.0207. The molecule has 1 aromatic carbocycles. The quantitative estimate of drug-likeness (QED) is 0.441. The number of likely N-dealkylation sites (N-methyl/N-ethyl adjacent to an activating group) is 1. The van der Waals surface area contributed by atoms with E-state index in [9.17, 15) is 4.79 Å². The van der Waals surface area contributed by atoms with Crippen LogP contribution in [0, 0.1) is 0 Å². The zero-order chi connectivity index (χ0) is 21.4. The van der Waals surface area contributed by atoms with Gasteiger partial charge in [0.2, 0.25) is 9.74 Å². The Balaban J connectivity index is 2.27. The van der Waals surface area contributed by atoms with Crippen LogP contribution in [0.1, 0.15) is 37.0 Å². The van der Waals surface area contributed by atoms with Crippen LogP contribution in [-0.4, -0.2) is 58.6 Å². The topological polar surface area (TPSA) is 80.2 Å². The molecular weight excluding hydrogens is 437 g/mol. The Labute approximate surface area is 185 Å². The molecule has 29 heavy (non-hydrogen) atoms. The number of rotatable bonds is 9. The van der Waals surface area contributed by atoms with Gasteiger partial charge in [-0.1, -0.05) is 60.8 Å². The standard InChI is InChI=1S/C19H24Cl3N5O2/c1-4-27(5-2)12-11-23-18-25-15(24-17(26-18)19(20,21)22)13-7-9-14(10-8-13)16(28)29-6-3/h7-10H,4-6,11-12H2,1-3H3,(H,23,24,25,26). The predicted octanol–water partition coefficient (Wildman–Crippen LogP) is 4.30. The van der Waals surface area contributed by atoms with Crippen LogP contribution in [0.3, 0.4) is 0 Å². The molecule has 0 bridgehead atoms. The molecule has 0 saturated heterocycles. The molecule has 0 atom stereocenters. The number of halogens is 3. The summed E-state index contributed by atoms with van der Waals surface area (Å²) in [7, 11) is 0. The van der Waals surface area contributed by atoms with Crippen LogP contribution in [0.15, 0.2) is 24.3 Å². The van der Waals surface area contributed by atoms with Gasteiger partial charge in [0.25, 0.3) is 0 Å². The highest BCUT2D eigenvalue weighted by molar-refractivity contribution is 6.66. The van der Waals surface area contributed by atoms with Crippen molar-refractivity contribution in [2.24, 2.45) is 0 Å². The van der Waals surface area contributed by atoms with Crippen LogP contribution in [0.2, 0.25) is 0 Å². The van der Waals surface area contributed by atoms with Gasteiger partial charge in [-0.05, 0) is 32.1 Å². The molecule has 0 unspecified atom stereocenters. The van der Waals surface area contributed by atoms with Crippen LogP contribution >= 0.6 is 34.8 Å². The molecule has 1 heterocycles. The van der Waals surface area contributed by atoms with E-state index in [2.05, 4.69) is 39.0 Å². The Morgan fingerprint density at radius 1 is 1.07 bits per heavy atom. The van der Waals surface area contributed by atoms with Gasteiger partial charge in [-0.2, -0.15) is 9.97 Å². The van der Waals surface area contributed by atoms with Gasteiger partial charge in [0.15, 0.2) is 11.6 Å². The maximum atomic E-state index is 11.8. The molecule has 0 amide bonds. The second kappa shape index (κ2) is 10.9. The number of benzene rings is 1.